The van der Waals surface area contributed by atoms with E-state index in [1.54, 1.807) is 55.5 Å². The van der Waals surface area contributed by atoms with Gasteiger partial charge in [-0.1, -0.05) is 60.7 Å². The summed E-state index contributed by atoms with van der Waals surface area (Å²) in [5.41, 5.74) is 2.22. The van der Waals surface area contributed by atoms with Crippen LogP contribution in [0.25, 0.3) is 0 Å². The van der Waals surface area contributed by atoms with Crippen molar-refractivity contribution in [3.05, 3.63) is 96.1 Å². The fourth-order valence-electron chi connectivity index (χ4n) is 3.80. The number of rotatable bonds is 10. The normalized spacial score (nSPS) is 12.1. The average Bonchev–Trinajstić information content (AvgIpc) is 2.86. The van der Waals surface area contributed by atoms with Crippen LogP contribution in [0.1, 0.15) is 31.9 Å². The van der Waals surface area contributed by atoms with Gasteiger partial charge in [-0.3, -0.25) is 13.9 Å². The molecule has 8 heteroatoms. The molecule has 0 saturated carbocycles. The Morgan fingerprint density at radius 1 is 0.833 bits per heavy atom. The molecule has 3 rings (SSSR count). The molecule has 7 nitrogen and oxygen atoms in total. The van der Waals surface area contributed by atoms with Gasteiger partial charge in [0.2, 0.25) is 11.8 Å². The molecule has 1 unspecified atom stereocenters. The van der Waals surface area contributed by atoms with Crippen molar-refractivity contribution in [2.45, 2.75) is 51.2 Å². The van der Waals surface area contributed by atoms with Crippen molar-refractivity contribution in [3.63, 3.8) is 0 Å². The van der Waals surface area contributed by atoms with Gasteiger partial charge in [-0.2, -0.15) is 0 Å². The molecule has 2 amide bonds. The van der Waals surface area contributed by atoms with E-state index in [2.05, 4.69) is 5.32 Å². The second-order valence-electron chi connectivity index (χ2n) is 8.95. The summed E-state index contributed by atoms with van der Waals surface area (Å²) in [6.45, 7) is 7.02. The topological polar surface area (TPSA) is 86.8 Å². The molecule has 0 aliphatic carbocycles. The van der Waals surface area contributed by atoms with Crippen molar-refractivity contribution in [2.24, 2.45) is 0 Å². The molecule has 0 radical (unpaired) electrons. The molecule has 1 atom stereocenters. The second kappa shape index (κ2) is 11.9. The maximum absolute atomic E-state index is 13.8. The van der Waals surface area contributed by atoms with Gasteiger partial charge in [0.1, 0.15) is 12.6 Å². The predicted octanol–water partition coefficient (Wildman–Crippen LogP) is 4.13. The molecule has 1 N–H and O–H groups in total. The Kier molecular flexibility index (Phi) is 8.88. The number of para-hydroxylation sites is 1. The van der Waals surface area contributed by atoms with Crippen LogP contribution in [0, 0.1) is 6.92 Å². The van der Waals surface area contributed by atoms with Gasteiger partial charge >= 0.3 is 0 Å². The summed E-state index contributed by atoms with van der Waals surface area (Å²) in [6.07, 6.45) is 0. The monoisotopic (exact) mass is 507 g/mol. The Morgan fingerprint density at radius 2 is 1.39 bits per heavy atom. The summed E-state index contributed by atoms with van der Waals surface area (Å²) < 4.78 is 28.4. The first-order chi connectivity index (χ1) is 17.1. The predicted molar refractivity (Wildman–Crippen MR) is 142 cm³/mol. The van der Waals surface area contributed by atoms with E-state index in [0.717, 1.165) is 15.4 Å². The lowest BCUT2D eigenvalue weighted by atomic mass is 10.1. The molecular weight excluding hydrogens is 474 g/mol. The third kappa shape index (κ3) is 6.51. The summed E-state index contributed by atoms with van der Waals surface area (Å²) in [4.78, 5) is 28.2. The Hall–Kier alpha value is -3.65. The van der Waals surface area contributed by atoms with E-state index in [-0.39, 0.29) is 23.4 Å². The molecule has 0 saturated heterocycles. The molecule has 0 heterocycles. The van der Waals surface area contributed by atoms with Crippen molar-refractivity contribution in [1.82, 2.24) is 10.2 Å². The van der Waals surface area contributed by atoms with Crippen LogP contribution in [0.2, 0.25) is 0 Å². The van der Waals surface area contributed by atoms with Crippen LogP contribution in [0.5, 0.6) is 0 Å². The molecule has 0 aromatic heterocycles. The number of benzene rings is 3. The van der Waals surface area contributed by atoms with Crippen LogP contribution in [0.3, 0.4) is 0 Å². The van der Waals surface area contributed by atoms with E-state index in [9.17, 15) is 18.0 Å². The molecule has 0 aliphatic rings. The largest absolute Gasteiger partial charge is 0.352 e. The molecule has 0 bridgehead atoms. The number of hydrogen-bond acceptors (Lipinski definition) is 4. The lowest BCUT2D eigenvalue weighted by Gasteiger charge is -2.32. The lowest BCUT2D eigenvalue weighted by Crippen LogP contribution is -2.52. The molecule has 0 aliphatic heterocycles. The number of nitrogens with one attached hydrogen (secondary N) is 1. The zero-order chi connectivity index (χ0) is 26.3. The average molecular weight is 508 g/mol. The fraction of sp³-hybridized carbons (Fsp3) is 0.286. The first-order valence-corrected chi connectivity index (χ1v) is 13.3. The summed E-state index contributed by atoms with van der Waals surface area (Å²) in [5.74, 6) is -0.780. The summed E-state index contributed by atoms with van der Waals surface area (Å²) in [5, 5.41) is 2.85. The zero-order valence-corrected chi connectivity index (χ0v) is 21.9. The standard InChI is InChI=1S/C28H33N3O4S/c1-21(2)29-28(33)23(4)30(19-24-14-12-11-13-22(24)3)27(32)20-31(25-15-7-5-8-16-25)36(34,35)26-17-9-6-10-18-26/h5-18,21,23H,19-20H2,1-4H3,(H,29,33). The lowest BCUT2D eigenvalue weighted by molar-refractivity contribution is -0.139. The van der Waals surface area contributed by atoms with Crippen molar-refractivity contribution < 1.29 is 18.0 Å². The summed E-state index contributed by atoms with van der Waals surface area (Å²) in [7, 11) is -4.04. The molecule has 0 spiro atoms. The van der Waals surface area contributed by atoms with Crippen LogP contribution >= 0.6 is 0 Å². The van der Waals surface area contributed by atoms with Crippen LogP contribution < -0.4 is 9.62 Å². The Balaban J connectivity index is 2.00. The zero-order valence-electron chi connectivity index (χ0n) is 21.1. The maximum Gasteiger partial charge on any atom is 0.264 e. The Morgan fingerprint density at radius 3 is 1.97 bits per heavy atom. The third-order valence-electron chi connectivity index (χ3n) is 5.85. The van der Waals surface area contributed by atoms with E-state index in [1.807, 2.05) is 45.0 Å². The van der Waals surface area contributed by atoms with Gasteiger partial charge in [-0.05, 0) is 63.1 Å². The molecule has 36 heavy (non-hydrogen) atoms. The molecule has 3 aromatic carbocycles. The van der Waals surface area contributed by atoms with Crippen molar-refractivity contribution in [1.29, 1.82) is 0 Å². The van der Waals surface area contributed by atoms with E-state index in [4.69, 9.17) is 0 Å². The molecule has 0 fully saturated rings. The third-order valence-corrected chi connectivity index (χ3v) is 7.64. The number of hydrogen-bond donors (Lipinski definition) is 1. The van der Waals surface area contributed by atoms with Gasteiger partial charge in [0, 0.05) is 12.6 Å². The number of carbonyl (C=O) groups is 2. The Labute approximate surface area is 213 Å². The second-order valence-corrected chi connectivity index (χ2v) is 10.8. The molecule has 3 aromatic rings. The van der Waals surface area contributed by atoms with E-state index >= 15 is 0 Å². The SMILES string of the molecule is Cc1ccccc1CN(C(=O)CN(c1ccccc1)S(=O)(=O)c1ccccc1)C(C)C(=O)NC(C)C. The summed E-state index contributed by atoms with van der Waals surface area (Å²) in [6, 6.07) is 23.2. The highest BCUT2D eigenvalue weighted by molar-refractivity contribution is 7.92. The minimum Gasteiger partial charge on any atom is -0.352 e. The number of nitrogens with zero attached hydrogens (tertiary/aromatic N) is 2. The van der Waals surface area contributed by atoms with Gasteiger partial charge in [0.05, 0.1) is 10.6 Å². The van der Waals surface area contributed by atoms with Crippen LogP contribution in [0.15, 0.2) is 89.8 Å². The van der Waals surface area contributed by atoms with Gasteiger partial charge in [0.25, 0.3) is 10.0 Å². The van der Waals surface area contributed by atoms with E-state index < -0.39 is 28.5 Å². The first kappa shape index (κ1) is 26.9. The number of carbonyl (C=O) groups excluding carboxylic acids is 2. The van der Waals surface area contributed by atoms with Crippen molar-refractivity contribution >= 4 is 27.5 Å². The number of amides is 2. The Bertz CT molecular complexity index is 1280. The highest BCUT2D eigenvalue weighted by Gasteiger charge is 2.32. The van der Waals surface area contributed by atoms with Crippen LogP contribution in [-0.4, -0.2) is 43.8 Å². The van der Waals surface area contributed by atoms with Crippen LogP contribution in [0.4, 0.5) is 5.69 Å². The van der Waals surface area contributed by atoms with Crippen LogP contribution in [-0.2, 0) is 26.2 Å². The quantitative estimate of drug-likeness (QED) is 0.447. The van der Waals surface area contributed by atoms with Crippen molar-refractivity contribution in [2.75, 3.05) is 10.8 Å². The van der Waals surface area contributed by atoms with Gasteiger partial charge in [0.15, 0.2) is 0 Å². The first-order valence-electron chi connectivity index (χ1n) is 11.9. The van der Waals surface area contributed by atoms with E-state index in [1.165, 1.54) is 17.0 Å². The van der Waals surface area contributed by atoms with Crippen molar-refractivity contribution in [3.8, 4) is 0 Å². The highest BCUT2D eigenvalue weighted by atomic mass is 32.2. The molecule has 190 valence electrons. The number of aryl methyl sites for hydroxylation is 1. The summed E-state index contributed by atoms with van der Waals surface area (Å²) >= 11 is 0. The smallest absolute Gasteiger partial charge is 0.264 e. The maximum atomic E-state index is 13.8. The van der Waals surface area contributed by atoms with E-state index in [0.29, 0.717) is 5.69 Å². The fourth-order valence-corrected chi connectivity index (χ4v) is 5.24. The minimum atomic E-state index is -4.04. The van der Waals surface area contributed by atoms with Gasteiger partial charge in [-0.25, -0.2) is 8.42 Å². The van der Waals surface area contributed by atoms with Gasteiger partial charge < -0.3 is 10.2 Å². The highest BCUT2D eigenvalue weighted by Crippen LogP contribution is 2.24. The number of anilines is 1. The molecular formula is C28H33N3O4S. The minimum absolute atomic E-state index is 0.0812. The number of sulfonamides is 1. The van der Waals surface area contributed by atoms with Gasteiger partial charge in [-0.15, -0.1) is 0 Å².